The van der Waals surface area contributed by atoms with Gasteiger partial charge in [0.25, 0.3) is 0 Å². The fourth-order valence-electron chi connectivity index (χ4n) is 1.67. The highest BCUT2D eigenvalue weighted by Gasteiger charge is 2.09. The second-order valence-corrected chi connectivity index (χ2v) is 5.90. The van der Waals surface area contributed by atoms with Gasteiger partial charge in [0.05, 0.1) is 6.61 Å². The van der Waals surface area contributed by atoms with Gasteiger partial charge in [0.2, 0.25) is 5.91 Å². The van der Waals surface area contributed by atoms with E-state index in [1.54, 1.807) is 6.66 Å². The second kappa shape index (κ2) is 14.0. The van der Waals surface area contributed by atoms with Crippen LogP contribution in [0.1, 0.15) is 32.1 Å². The summed E-state index contributed by atoms with van der Waals surface area (Å²) in [7, 11) is -1.38. The third-order valence-electron chi connectivity index (χ3n) is 2.84. The number of rotatable bonds is 13. The molecule has 0 saturated carbocycles. The van der Waals surface area contributed by atoms with E-state index in [1.165, 1.54) is 0 Å². The maximum Gasteiger partial charge on any atom is 0.219 e. The summed E-state index contributed by atoms with van der Waals surface area (Å²) < 4.78 is 5.11. The Hall–Kier alpha value is -0.910. The molecule has 0 saturated heterocycles. The van der Waals surface area contributed by atoms with Crippen molar-refractivity contribution < 1.29 is 19.3 Å². The first kappa shape index (κ1) is 20.1. The Labute approximate surface area is 126 Å². The number of azide groups is 1. The minimum absolute atomic E-state index is 0.0293. The van der Waals surface area contributed by atoms with Gasteiger partial charge < -0.3 is 19.8 Å². The molecule has 0 rings (SSSR count). The number of amides is 1. The van der Waals surface area contributed by atoms with Crippen LogP contribution in [0.4, 0.5) is 0 Å². The molecule has 0 spiro atoms. The van der Waals surface area contributed by atoms with Crippen molar-refractivity contribution in [3.8, 4) is 0 Å². The number of hydrogen-bond acceptors (Lipinski definition) is 5. The summed E-state index contributed by atoms with van der Waals surface area (Å²) in [5.74, 6) is -0.0104. The van der Waals surface area contributed by atoms with Crippen molar-refractivity contribution in [2.45, 2.75) is 32.1 Å². The summed E-state index contributed by atoms with van der Waals surface area (Å²) in [6.07, 6.45) is 3.43. The minimum Gasteiger partial charge on any atom is -0.396 e. The zero-order valence-corrected chi connectivity index (χ0v) is 13.3. The summed E-state index contributed by atoms with van der Waals surface area (Å²) in [6.45, 7) is 2.93. The van der Waals surface area contributed by atoms with Crippen molar-refractivity contribution in [3.05, 3.63) is 10.4 Å². The third-order valence-corrected chi connectivity index (χ3v) is 3.36. The molecule has 2 atom stereocenters. The Balaban J connectivity index is 3.52. The molecule has 3 N–H and O–H groups in total. The van der Waals surface area contributed by atoms with Gasteiger partial charge in [-0.05, 0) is 24.8 Å². The molecule has 0 aliphatic heterocycles. The molecule has 0 aromatic rings. The van der Waals surface area contributed by atoms with Gasteiger partial charge in [-0.25, -0.2) is 0 Å². The van der Waals surface area contributed by atoms with E-state index in [4.69, 9.17) is 20.1 Å². The Morgan fingerprint density at radius 2 is 2.24 bits per heavy atom. The van der Waals surface area contributed by atoms with Crippen LogP contribution in [-0.2, 0) is 9.32 Å². The molecule has 0 bridgehead atoms. The lowest BCUT2D eigenvalue weighted by atomic mass is 10.0. The molecule has 1 amide bonds. The summed E-state index contributed by atoms with van der Waals surface area (Å²) in [5.41, 5.74) is 8.08. The average Bonchev–Trinajstić information content (AvgIpc) is 2.46. The van der Waals surface area contributed by atoms with Crippen LogP contribution < -0.4 is 5.32 Å². The van der Waals surface area contributed by atoms with Gasteiger partial charge in [-0.15, -0.1) is 0 Å². The number of unbranched alkanes of at least 4 members (excludes halogenated alkanes) is 1. The highest BCUT2D eigenvalue weighted by atomic mass is 31.2. The maximum absolute atomic E-state index is 11.4. The van der Waals surface area contributed by atoms with Gasteiger partial charge in [-0.3, -0.25) is 4.79 Å². The predicted molar refractivity (Wildman–Crippen MR) is 81.7 cm³/mol. The zero-order chi connectivity index (χ0) is 15.9. The Morgan fingerprint density at radius 3 is 2.86 bits per heavy atom. The van der Waals surface area contributed by atoms with Crippen molar-refractivity contribution in [2.75, 3.05) is 33.0 Å². The van der Waals surface area contributed by atoms with Crippen molar-refractivity contribution in [3.63, 3.8) is 0 Å². The van der Waals surface area contributed by atoms with Crippen LogP contribution in [-0.4, -0.2) is 48.9 Å². The first-order valence-corrected chi connectivity index (χ1v) is 8.70. The third kappa shape index (κ3) is 13.8. The molecule has 0 radical (unpaired) electrons. The average molecular weight is 320 g/mol. The molecule has 0 aliphatic carbocycles. The molecule has 0 aromatic heterocycles. The number of carbonyl (C=O) groups excluding carboxylic acids is 1. The summed E-state index contributed by atoms with van der Waals surface area (Å²) >= 11 is 0. The standard InChI is InChI=1S/C12H25N4O4P/c1-21(19)20-10-11(9-17)5-2-3-7-14-12(18)6-4-8-15-16-13/h11,17,19H,2-10H2,1H3,(H,14,18). The monoisotopic (exact) mass is 320 g/mol. The normalized spacial score (nSPS) is 13.3. The van der Waals surface area contributed by atoms with Crippen molar-refractivity contribution >= 4 is 14.3 Å². The van der Waals surface area contributed by atoms with Crippen molar-refractivity contribution in [1.29, 1.82) is 0 Å². The molecule has 9 heteroatoms. The minimum atomic E-state index is -1.38. The Morgan fingerprint density at radius 1 is 1.48 bits per heavy atom. The van der Waals surface area contributed by atoms with E-state index < -0.39 is 8.38 Å². The van der Waals surface area contributed by atoms with Gasteiger partial charge in [-0.1, -0.05) is 11.5 Å². The summed E-state index contributed by atoms with van der Waals surface area (Å²) in [4.78, 5) is 23.1. The lowest BCUT2D eigenvalue weighted by Crippen LogP contribution is -2.24. The van der Waals surface area contributed by atoms with Crippen LogP contribution in [0.2, 0.25) is 0 Å². The second-order valence-electron chi connectivity index (χ2n) is 4.71. The van der Waals surface area contributed by atoms with E-state index in [2.05, 4.69) is 15.3 Å². The number of nitrogens with zero attached hydrogens (tertiary/aromatic N) is 3. The van der Waals surface area contributed by atoms with Crippen LogP contribution in [0.25, 0.3) is 10.4 Å². The Bertz CT molecular complexity index is 324. The number of aliphatic hydroxyl groups is 1. The zero-order valence-electron chi connectivity index (χ0n) is 12.4. The van der Waals surface area contributed by atoms with Crippen molar-refractivity contribution in [1.82, 2.24) is 5.32 Å². The molecule has 0 aliphatic rings. The van der Waals surface area contributed by atoms with Crippen LogP contribution in [0.3, 0.4) is 0 Å². The topological polar surface area (TPSA) is 128 Å². The largest absolute Gasteiger partial charge is 0.396 e. The van der Waals surface area contributed by atoms with E-state index in [1.807, 2.05) is 0 Å². The van der Waals surface area contributed by atoms with E-state index in [0.29, 0.717) is 32.5 Å². The highest BCUT2D eigenvalue weighted by Crippen LogP contribution is 2.26. The van der Waals surface area contributed by atoms with Crippen molar-refractivity contribution in [2.24, 2.45) is 11.0 Å². The molecule has 21 heavy (non-hydrogen) atoms. The molecule has 0 aromatic carbocycles. The Kier molecular flexibility index (Phi) is 13.4. The first-order chi connectivity index (χ1) is 10.1. The predicted octanol–water partition coefficient (Wildman–Crippen LogP) is 1.92. The molecule has 0 fully saturated rings. The van der Waals surface area contributed by atoms with Crippen LogP contribution in [0.15, 0.2) is 5.11 Å². The number of hydrogen-bond donors (Lipinski definition) is 3. The summed E-state index contributed by atoms with van der Waals surface area (Å²) in [6, 6.07) is 0. The van der Waals surface area contributed by atoms with Gasteiger partial charge in [0.1, 0.15) is 0 Å². The molecule has 0 heterocycles. The summed E-state index contributed by atoms with van der Waals surface area (Å²) in [5, 5.41) is 15.3. The van der Waals surface area contributed by atoms with Crippen LogP contribution >= 0.6 is 8.38 Å². The maximum atomic E-state index is 11.4. The molecular weight excluding hydrogens is 295 g/mol. The van der Waals surface area contributed by atoms with Gasteiger partial charge >= 0.3 is 0 Å². The number of carbonyl (C=O) groups is 1. The fourth-order valence-corrected chi connectivity index (χ4v) is 2.10. The van der Waals surface area contributed by atoms with E-state index in [-0.39, 0.29) is 18.4 Å². The molecule has 8 nitrogen and oxygen atoms in total. The van der Waals surface area contributed by atoms with Gasteiger partial charge in [0.15, 0.2) is 8.38 Å². The fraction of sp³-hybridized carbons (Fsp3) is 0.917. The molecular formula is C12H25N4O4P. The highest BCUT2D eigenvalue weighted by molar-refractivity contribution is 7.45. The lowest BCUT2D eigenvalue weighted by Gasteiger charge is -2.15. The van der Waals surface area contributed by atoms with Crippen LogP contribution in [0, 0.1) is 5.92 Å². The lowest BCUT2D eigenvalue weighted by molar-refractivity contribution is -0.121. The van der Waals surface area contributed by atoms with Gasteiger partial charge in [-0.2, -0.15) is 0 Å². The van der Waals surface area contributed by atoms with Gasteiger partial charge in [0, 0.05) is 43.6 Å². The SMILES string of the molecule is CP(O)OCC(CO)CCCCNC(=O)CCCN=[N+]=[N-]. The molecule has 2 unspecified atom stereocenters. The van der Waals surface area contributed by atoms with E-state index >= 15 is 0 Å². The first-order valence-electron chi connectivity index (χ1n) is 7.04. The number of nitrogens with one attached hydrogen (secondary N) is 1. The van der Waals surface area contributed by atoms with E-state index in [0.717, 1.165) is 19.3 Å². The number of aliphatic hydroxyl groups excluding tert-OH is 1. The smallest absolute Gasteiger partial charge is 0.219 e. The quantitative estimate of drug-likeness (QED) is 0.157. The molecule has 122 valence electrons. The van der Waals surface area contributed by atoms with Crippen LogP contribution in [0.5, 0.6) is 0 Å². The van der Waals surface area contributed by atoms with E-state index in [9.17, 15) is 4.79 Å².